The number of ether oxygens (including phenoxy) is 9. The van der Waals surface area contributed by atoms with E-state index in [2.05, 4.69) is 0 Å². The highest BCUT2D eigenvalue weighted by molar-refractivity contribution is 5.76. The zero-order valence-corrected chi connectivity index (χ0v) is 14.7. The SMILES string of the molecule is COCOC1OC(=O)[C@H](OCOC)[C@@H](OCOC)[C@H](OCOC)[C@@H]1O. The van der Waals surface area contributed by atoms with E-state index in [0.29, 0.717) is 0 Å². The minimum atomic E-state index is -1.40. The Morgan fingerprint density at radius 3 is 1.84 bits per heavy atom. The smallest absolute Gasteiger partial charge is 0.340 e. The second-order valence-electron chi connectivity index (χ2n) is 4.94. The normalized spacial score (nSPS) is 30.1. The van der Waals surface area contributed by atoms with Crippen LogP contribution in [-0.2, 0) is 47.4 Å². The summed E-state index contributed by atoms with van der Waals surface area (Å²) in [6, 6.07) is 0. The van der Waals surface area contributed by atoms with Crippen LogP contribution in [0.3, 0.4) is 0 Å². The topological polar surface area (TPSA) is 120 Å². The molecule has 1 saturated heterocycles. The molecular weight excluding hydrogens is 344 g/mol. The molecule has 1 rings (SSSR count). The predicted molar refractivity (Wildman–Crippen MR) is 79.1 cm³/mol. The summed E-state index contributed by atoms with van der Waals surface area (Å²) >= 11 is 0. The summed E-state index contributed by atoms with van der Waals surface area (Å²) in [5.41, 5.74) is 0. The van der Waals surface area contributed by atoms with Crippen LogP contribution in [0.4, 0.5) is 0 Å². The predicted octanol–water partition coefficient (Wildman–Crippen LogP) is -1.18. The monoisotopic (exact) mass is 370 g/mol. The molecule has 1 fully saturated rings. The van der Waals surface area contributed by atoms with Crippen molar-refractivity contribution in [1.82, 2.24) is 0 Å². The number of hydrogen-bond acceptors (Lipinski definition) is 11. The molecule has 25 heavy (non-hydrogen) atoms. The van der Waals surface area contributed by atoms with Crippen molar-refractivity contribution in [3.63, 3.8) is 0 Å². The van der Waals surface area contributed by atoms with E-state index >= 15 is 0 Å². The summed E-state index contributed by atoms with van der Waals surface area (Å²) in [6.07, 6.45) is -6.14. The Labute approximate surface area is 145 Å². The number of rotatable bonds is 12. The van der Waals surface area contributed by atoms with Crippen molar-refractivity contribution in [1.29, 1.82) is 0 Å². The zero-order valence-electron chi connectivity index (χ0n) is 14.7. The molecule has 0 aromatic heterocycles. The van der Waals surface area contributed by atoms with E-state index in [9.17, 15) is 9.90 Å². The Hall–Kier alpha value is -0.890. The number of aliphatic hydroxyl groups is 1. The average molecular weight is 370 g/mol. The summed E-state index contributed by atoms with van der Waals surface area (Å²) in [7, 11) is 5.60. The number of carbonyl (C=O) groups excluding carboxylic acids is 1. The second-order valence-corrected chi connectivity index (χ2v) is 4.94. The average Bonchev–Trinajstić information content (AvgIpc) is 2.70. The maximum absolute atomic E-state index is 12.4. The molecule has 1 unspecified atom stereocenters. The number of carbonyl (C=O) groups is 1. The lowest BCUT2D eigenvalue weighted by Crippen LogP contribution is -2.51. The maximum atomic E-state index is 12.4. The van der Waals surface area contributed by atoms with E-state index in [1.165, 1.54) is 28.4 Å². The van der Waals surface area contributed by atoms with Crippen molar-refractivity contribution >= 4 is 5.97 Å². The van der Waals surface area contributed by atoms with Gasteiger partial charge in [0.1, 0.15) is 38.7 Å². The molecule has 1 N–H and O–H groups in total. The zero-order chi connectivity index (χ0) is 18.7. The lowest BCUT2D eigenvalue weighted by atomic mass is 10.0. The van der Waals surface area contributed by atoms with Crippen LogP contribution in [0.5, 0.6) is 0 Å². The Morgan fingerprint density at radius 2 is 1.28 bits per heavy atom. The lowest BCUT2D eigenvalue weighted by molar-refractivity contribution is -0.250. The van der Waals surface area contributed by atoms with E-state index in [0.717, 1.165) is 0 Å². The van der Waals surface area contributed by atoms with Gasteiger partial charge in [0.2, 0.25) is 6.29 Å². The van der Waals surface area contributed by atoms with Gasteiger partial charge in [-0.15, -0.1) is 0 Å². The Kier molecular flexibility index (Phi) is 11.0. The summed E-state index contributed by atoms with van der Waals surface area (Å²) in [5, 5.41) is 10.5. The van der Waals surface area contributed by atoms with Gasteiger partial charge in [-0.2, -0.15) is 0 Å². The molecule has 11 heteroatoms. The standard InChI is InChI=1S/C14H26O11/c1-17-5-21-10-9(15)14(24-8-20-4)25-13(16)12(23-7-19-3)11(10)22-6-18-2/h9-12,14-15H,5-8H2,1-4H3/t9-,10+,11-,12+,14?/m0/s1. The third-order valence-corrected chi connectivity index (χ3v) is 3.17. The first-order valence-electron chi connectivity index (χ1n) is 7.41. The van der Waals surface area contributed by atoms with Crippen molar-refractivity contribution in [3.8, 4) is 0 Å². The number of hydrogen-bond donors (Lipinski definition) is 1. The summed E-state index contributed by atoms with van der Waals surface area (Å²) in [5.74, 6) is -0.818. The molecule has 1 aliphatic heterocycles. The van der Waals surface area contributed by atoms with Crippen molar-refractivity contribution in [3.05, 3.63) is 0 Å². The van der Waals surface area contributed by atoms with Crippen molar-refractivity contribution < 1.29 is 52.5 Å². The van der Waals surface area contributed by atoms with Crippen LogP contribution in [-0.4, -0.2) is 97.4 Å². The van der Waals surface area contributed by atoms with Gasteiger partial charge in [-0.25, -0.2) is 4.79 Å². The molecule has 0 aromatic rings. The summed E-state index contributed by atoms with van der Waals surface area (Å²) in [6.45, 7) is -0.757. The van der Waals surface area contributed by atoms with Crippen molar-refractivity contribution in [2.24, 2.45) is 0 Å². The fourth-order valence-electron chi connectivity index (χ4n) is 2.15. The van der Waals surface area contributed by atoms with E-state index in [1.54, 1.807) is 0 Å². The number of aliphatic hydroxyl groups excluding tert-OH is 1. The Balaban J connectivity index is 3.06. The molecule has 0 aromatic carbocycles. The molecule has 5 atom stereocenters. The largest absolute Gasteiger partial charge is 0.431 e. The first-order valence-corrected chi connectivity index (χ1v) is 7.41. The van der Waals surface area contributed by atoms with Crippen LogP contribution in [0.1, 0.15) is 0 Å². The van der Waals surface area contributed by atoms with Gasteiger partial charge in [0, 0.05) is 28.4 Å². The molecule has 0 aliphatic carbocycles. The van der Waals surface area contributed by atoms with Crippen LogP contribution >= 0.6 is 0 Å². The highest BCUT2D eigenvalue weighted by Crippen LogP contribution is 2.25. The quantitative estimate of drug-likeness (QED) is 0.330. The van der Waals surface area contributed by atoms with Crippen molar-refractivity contribution in [2.45, 2.75) is 30.7 Å². The maximum Gasteiger partial charge on any atom is 0.340 e. The first-order chi connectivity index (χ1) is 12.1. The number of esters is 1. The highest BCUT2D eigenvalue weighted by atomic mass is 16.8. The fraction of sp³-hybridized carbons (Fsp3) is 0.929. The minimum absolute atomic E-state index is 0.170. The van der Waals surface area contributed by atoms with Gasteiger partial charge >= 0.3 is 5.97 Å². The van der Waals surface area contributed by atoms with Gasteiger partial charge in [0.05, 0.1) is 0 Å². The molecule has 0 amide bonds. The molecule has 148 valence electrons. The van der Waals surface area contributed by atoms with Gasteiger partial charge < -0.3 is 47.7 Å². The van der Waals surface area contributed by atoms with Crippen LogP contribution < -0.4 is 0 Å². The van der Waals surface area contributed by atoms with Crippen LogP contribution in [0.25, 0.3) is 0 Å². The molecular formula is C14H26O11. The molecule has 1 aliphatic rings. The van der Waals surface area contributed by atoms with E-state index in [1.807, 2.05) is 0 Å². The highest BCUT2D eigenvalue weighted by Gasteiger charge is 2.49. The van der Waals surface area contributed by atoms with E-state index in [4.69, 9.17) is 42.6 Å². The number of methoxy groups -OCH3 is 4. The minimum Gasteiger partial charge on any atom is -0.431 e. The van der Waals surface area contributed by atoms with Gasteiger partial charge in [0.25, 0.3) is 0 Å². The van der Waals surface area contributed by atoms with Crippen LogP contribution in [0.2, 0.25) is 0 Å². The molecule has 1 heterocycles. The summed E-state index contributed by atoms with van der Waals surface area (Å²) < 4.78 is 46.0. The first kappa shape index (κ1) is 22.2. The number of cyclic esters (lactones) is 1. The summed E-state index contributed by atoms with van der Waals surface area (Å²) in [4.78, 5) is 12.4. The molecule has 0 radical (unpaired) electrons. The molecule has 0 spiro atoms. The van der Waals surface area contributed by atoms with Gasteiger partial charge in [-0.05, 0) is 0 Å². The van der Waals surface area contributed by atoms with Gasteiger partial charge in [-0.1, -0.05) is 0 Å². The van der Waals surface area contributed by atoms with E-state index < -0.39 is 36.7 Å². The van der Waals surface area contributed by atoms with Crippen LogP contribution in [0.15, 0.2) is 0 Å². The van der Waals surface area contributed by atoms with Gasteiger partial charge in [-0.3, -0.25) is 0 Å². The molecule has 0 bridgehead atoms. The Morgan fingerprint density at radius 1 is 0.800 bits per heavy atom. The molecule has 0 saturated carbocycles. The van der Waals surface area contributed by atoms with Crippen LogP contribution in [0, 0.1) is 0 Å². The fourth-order valence-corrected chi connectivity index (χ4v) is 2.15. The van der Waals surface area contributed by atoms with Crippen molar-refractivity contribution in [2.75, 3.05) is 55.6 Å². The van der Waals surface area contributed by atoms with E-state index in [-0.39, 0.29) is 27.2 Å². The third kappa shape index (κ3) is 6.73. The molecule has 11 nitrogen and oxygen atoms in total. The Bertz CT molecular complexity index is 367. The third-order valence-electron chi connectivity index (χ3n) is 3.17. The van der Waals surface area contributed by atoms with Gasteiger partial charge in [0.15, 0.2) is 12.9 Å². The second kappa shape index (κ2) is 12.5. The lowest BCUT2D eigenvalue weighted by Gasteiger charge is -2.31.